The van der Waals surface area contributed by atoms with Gasteiger partial charge in [0.1, 0.15) is 0 Å². The van der Waals surface area contributed by atoms with Crippen molar-refractivity contribution in [2.75, 3.05) is 32.7 Å². The molecule has 0 aromatic heterocycles. The SMILES string of the molecule is CCNC(C)CC(=O)N1CCN(C(C)CC)CC1. The molecule has 0 aromatic rings. The van der Waals surface area contributed by atoms with Gasteiger partial charge in [-0.3, -0.25) is 9.69 Å². The molecule has 0 bridgehead atoms. The first-order valence-electron chi connectivity index (χ1n) is 7.33. The van der Waals surface area contributed by atoms with E-state index in [1.165, 1.54) is 6.42 Å². The average molecular weight is 255 g/mol. The van der Waals surface area contributed by atoms with E-state index in [-0.39, 0.29) is 6.04 Å². The number of carbonyl (C=O) groups excluding carboxylic acids is 1. The lowest BCUT2D eigenvalue weighted by Gasteiger charge is -2.38. The van der Waals surface area contributed by atoms with E-state index < -0.39 is 0 Å². The fraction of sp³-hybridized carbons (Fsp3) is 0.929. The van der Waals surface area contributed by atoms with Crippen LogP contribution in [0.1, 0.15) is 40.5 Å². The Hall–Kier alpha value is -0.610. The lowest BCUT2D eigenvalue weighted by Crippen LogP contribution is -2.51. The summed E-state index contributed by atoms with van der Waals surface area (Å²) in [7, 11) is 0. The van der Waals surface area contributed by atoms with Crippen molar-refractivity contribution in [3.63, 3.8) is 0 Å². The molecule has 0 aliphatic carbocycles. The van der Waals surface area contributed by atoms with E-state index in [4.69, 9.17) is 0 Å². The summed E-state index contributed by atoms with van der Waals surface area (Å²) in [5.41, 5.74) is 0. The third kappa shape index (κ3) is 4.58. The van der Waals surface area contributed by atoms with Crippen molar-refractivity contribution in [2.45, 2.75) is 52.6 Å². The second-order valence-electron chi connectivity index (χ2n) is 5.34. The molecule has 0 radical (unpaired) electrons. The maximum absolute atomic E-state index is 12.1. The fourth-order valence-corrected chi connectivity index (χ4v) is 2.48. The van der Waals surface area contributed by atoms with Crippen LogP contribution in [0.2, 0.25) is 0 Å². The molecule has 18 heavy (non-hydrogen) atoms. The maximum Gasteiger partial charge on any atom is 0.224 e. The molecule has 1 aliphatic heterocycles. The van der Waals surface area contributed by atoms with Gasteiger partial charge < -0.3 is 10.2 Å². The number of rotatable bonds is 6. The first-order valence-corrected chi connectivity index (χ1v) is 7.33. The Labute approximate surface area is 112 Å². The molecule has 1 aliphatic rings. The number of piperazine rings is 1. The minimum atomic E-state index is 0.287. The highest BCUT2D eigenvalue weighted by molar-refractivity contribution is 5.76. The zero-order valence-electron chi connectivity index (χ0n) is 12.4. The van der Waals surface area contributed by atoms with Crippen LogP contribution in [0.4, 0.5) is 0 Å². The maximum atomic E-state index is 12.1. The molecule has 2 atom stereocenters. The molecule has 0 spiro atoms. The molecule has 0 saturated carbocycles. The van der Waals surface area contributed by atoms with Crippen LogP contribution in [0.5, 0.6) is 0 Å². The Morgan fingerprint density at radius 2 is 1.78 bits per heavy atom. The molecule has 1 rings (SSSR count). The predicted molar refractivity (Wildman–Crippen MR) is 75.7 cm³/mol. The number of nitrogens with zero attached hydrogens (tertiary/aromatic N) is 2. The predicted octanol–water partition coefficient (Wildman–Crippen LogP) is 1.32. The van der Waals surface area contributed by atoms with E-state index >= 15 is 0 Å². The topological polar surface area (TPSA) is 35.6 Å². The molecule has 4 heteroatoms. The summed E-state index contributed by atoms with van der Waals surface area (Å²) in [6.07, 6.45) is 1.81. The van der Waals surface area contributed by atoms with Crippen LogP contribution in [0, 0.1) is 0 Å². The minimum Gasteiger partial charge on any atom is -0.340 e. The highest BCUT2D eigenvalue weighted by atomic mass is 16.2. The minimum absolute atomic E-state index is 0.287. The summed E-state index contributed by atoms with van der Waals surface area (Å²) >= 11 is 0. The largest absolute Gasteiger partial charge is 0.340 e. The fourth-order valence-electron chi connectivity index (χ4n) is 2.48. The van der Waals surface area contributed by atoms with Gasteiger partial charge in [-0.25, -0.2) is 0 Å². The summed E-state index contributed by atoms with van der Waals surface area (Å²) < 4.78 is 0. The first kappa shape index (κ1) is 15.4. The monoisotopic (exact) mass is 255 g/mol. The van der Waals surface area contributed by atoms with Gasteiger partial charge in [0.25, 0.3) is 0 Å². The summed E-state index contributed by atoms with van der Waals surface area (Å²) in [5, 5.41) is 3.29. The Morgan fingerprint density at radius 3 is 2.28 bits per heavy atom. The smallest absolute Gasteiger partial charge is 0.224 e. The molecule has 0 aromatic carbocycles. The van der Waals surface area contributed by atoms with E-state index in [1.807, 2.05) is 4.90 Å². The van der Waals surface area contributed by atoms with Gasteiger partial charge in [0.2, 0.25) is 5.91 Å². The van der Waals surface area contributed by atoms with E-state index in [1.54, 1.807) is 0 Å². The van der Waals surface area contributed by atoms with Crippen molar-refractivity contribution in [3.05, 3.63) is 0 Å². The van der Waals surface area contributed by atoms with Crippen molar-refractivity contribution in [1.29, 1.82) is 0 Å². The van der Waals surface area contributed by atoms with Crippen LogP contribution in [-0.2, 0) is 4.79 Å². The first-order chi connectivity index (χ1) is 8.58. The van der Waals surface area contributed by atoms with Gasteiger partial charge in [-0.1, -0.05) is 13.8 Å². The van der Waals surface area contributed by atoms with Crippen molar-refractivity contribution < 1.29 is 4.79 Å². The lowest BCUT2D eigenvalue weighted by atomic mass is 10.1. The molecule has 4 nitrogen and oxygen atoms in total. The number of amides is 1. The number of nitrogens with one attached hydrogen (secondary N) is 1. The zero-order chi connectivity index (χ0) is 13.5. The third-order valence-electron chi connectivity index (χ3n) is 3.91. The van der Waals surface area contributed by atoms with Gasteiger partial charge >= 0.3 is 0 Å². The van der Waals surface area contributed by atoms with Gasteiger partial charge in [-0.2, -0.15) is 0 Å². The molecule has 2 unspecified atom stereocenters. The molecular formula is C14H29N3O. The Bertz CT molecular complexity index is 249. The number of carbonyl (C=O) groups is 1. The second-order valence-corrected chi connectivity index (χ2v) is 5.34. The third-order valence-corrected chi connectivity index (χ3v) is 3.91. The van der Waals surface area contributed by atoms with Crippen LogP contribution >= 0.6 is 0 Å². The average Bonchev–Trinajstić information content (AvgIpc) is 2.38. The lowest BCUT2D eigenvalue weighted by molar-refractivity contribution is -0.133. The van der Waals surface area contributed by atoms with Gasteiger partial charge in [-0.15, -0.1) is 0 Å². The van der Waals surface area contributed by atoms with Crippen LogP contribution in [-0.4, -0.2) is 60.5 Å². The summed E-state index contributed by atoms with van der Waals surface area (Å²) in [5.74, 6) is 0.298. The highest BCUT2D eigenvalue weighted by Gasteiger charge is 2.23. The van der Waals surface area contributed by atoms with Crippen LogP contribution in [0.3, 0.4) is 0 Å². The molecule has 1 amide bonds. The quantitative estimate of drug-likeness (QED) is 0.777. The van der Waals surface area contributed by atoms with E-state index in [0.29, 0.717) is 18.4 Å². The molecular weight excluding hydrogens is 226 g/mol. The van der Waals surface area contributed by atoms with E-state index in [9.17, 15) is 4.79 Å². The van der Waals surface area contributed by atoms with Crippen molar-refractivity contribution in [1.82, 2.24) is 15.1 Å². The van der Waals surface area contributed by atoms with Crippen LogP contribution < -0.4 is 5.32 Å². The Kier molecular flexibility index (Phi) is 6.65. The normalized spacial score (nSPS) is 20.8. The Balaban J connectivity index is 2.31. The standard InChI is InChI=1S/C14H29N3O/c1-5-13(4)16-7-9-17(10-8-16)14(18)11-12(3)15-6-2/h12-13,15H,5-11H2,1-4H3. The van der Waals surface area contributed by atoms with Gasteiger partial charge in [0.05, 0.1) is 0 Å². The van der Waals surface area contributed by atoms with E-state index in [2.05, 4.69) is 37.9 Å². The molecule has 1 N–H and O–H groups in total. The summed E-state index contributed by atoms with van der Waals surface area (Å²) in [4.78, 5) is 16.6. The van der Waals surface area contributed by atoms with Crippen LogP contribution in [0.25, 0.3) is 0 Å². The van der Waals surface area contributed by atoms with E-state index in [0.717, 1.165) is 32.7 Å². The van der Waals surface area contributed by atoms with Gasteiger partial charge in [0, 0.05) is 44.7 Å². The number of hydrogen-bond donors (Lipinski definition) is 1. The summed E-state index contributed by atoms with van der Waals surface area (Å²) in [6.45, 7) is 13.4. The molecule has 1 saturated heterocycles. The second kappa shape index (κ2) is 7.74. The van der Waals surface area contributed by atoms with Gasteiger partial charge in [0.15, 0.2) is 0 Å². The Morgan fingerprint density at radius 1 is 1.17 bits per heavy atom. The zero-order valence-corrected chi connectivity index (χ0v) is 12.4. The highest BCUT2D eigenvalue weighted by Crippen LogP contribution is 2.10. The molecule has 1 fully saturated rings. The van der Waals surface area contributed by atoms with Crippen molar-refractivity contribution in [2.24, 2.45) is 0 Å². The van der Waals surface area contributed by atoms with Crippen molar-refractivity contribution >= 4 is 5.91 Å². The van der Waals surface area contributed by atoms with Crippen LogP contribution in [0.15, 0.2) is 0 Å². The molecule has 1 heterocycles. The number of hydrogen-bond acceptors (Lipinski definition) is 3. The molecule has 106 valence electrons. The van der Waals surface area contributed by atoms with Gasteiger partial charge in [-0.05, 0) is 26.8 Å². The summed E-state index contributed by atoms with van der Waals surface area (Å²) in [6, 6.07) is 0.929. The van der Waals surface area contributed by atoms with Crippen molar-refractivity contribution in [3.8, 4) is 0 Å².